The van der Waals surface area contributed by atoms with Crippen LogP contribution in [0.25, 0.3) is 0 Å². The highest BCUT2D eigenvalue weighted by Gasteiger charge is 2.45. The van der Waals surface area contributed by atoms with Gasteiger partial charge < -0.3 is 5.32 Å². The Balaban J connectivity index is 2.12. The number of carbonyl (C=O) groups excluding carboxylic acids is 1. The van der Waals surface area contributed by atoms with Gasteiger partial charge in [-0.15, -0.1) is 0 Å². The van der Waals surface area contributed by atoms with Crippen molar-refractivity contribution in [1.82, 2.24) is 10.6 Å². The molecule has 1 amide bonds. The van der Waals surface area contributed by atoms with E-state index in [0.29, 0.717) is 12.5 Å². The Bertz CT molecular complexity index is 313. The molecule has 1 aliphatic carbocycles. The van der Waals surface area contributed by atoms with Crippen LogP contribution in [0.5, 0.6) is 0 Å². The van der Waals surface area contributed by atoms with Crippen molar-refractivity contribution in [1.29, 1.82) is 0 Å². The lowest BCUT2D eigenvalue weighted by molar-refractivity contribution is -0.124. The summed E-state index contributed by atoms with van der Waals surface area (Å²) in [5, 5.41) is 6.16. The fourth-order valence-corrected chi connectivity index (χ4v) is 2.65. The third-order valence-electron chi connectivity index (χ3n) is 3.70. The van der Waals surface area contributed by atoms with Gasteiger partial charge in [0.15, 0.2) is 5.96 Å². The largest absolute Gasteiger partial charge is 0.342 e. The second kappa shape index (κ2) is 4.44. The summed E-state index contributed by atoms with van der Waals surface area (Å²) in [5.74, 6) is 1.52. The minimum atomic E-state index is -0.362. The molecule has 1 saturated carbocycles. The van der Waals surface area contributed by atoms with Crippen molar-refractivity contribution in [2.24, 2.45) is 10.9 Å². The fraction of sp³-hybridized carbons (Fsp3) is 0.833. The first-order valence-corrected chi connectivity index (χ1v) is 6.30. The highest BCUT2D eigenvalue weighted by atomic mass is 16.2. The number of aliphatic imine (C=N–C) groups is 1. The van der Waals surface area contributed by atoms with E-state index in [-0.39, 0.29) is 11.4 Å². The standard InChI is InChI=1S/C12H21N3O/c1-3-13-11-14-10(16)12(15-11)7-4-5-9(2)6-8-12/h9H,3-8H2,1-2H3,(H2,13,14,15,16). The third kappa shape index (κ3) is 2.06. The zero-order valence-electron chi connectivity index (χ0n) is 10.2. The molecule has 2 N–H and O–H groups in total. The second-order valence-corrected chi connectivity index (χ2v) is 5.02. The number of nitrogens with zero attached hydrogens (tertiary/aromatic N) is 1. The van der Waals surface area contributed by atoms with Crippen molar-refractivity contribution in [3.63, 3.8) is 0 Å². The van der Waals surface area contributed by atoms with Crippen molar-refractivity contribution in [3.05, 3.63) is 0 Å². The molecule has 4 heteroatoms. The maximum absolute atomic E-state index is 12.0. The highest BCUT2D eigenvalue weighted by molar-refractivity contribution is 6.09. The number of guanidine groups is 1. The Morgan fingerprint density at radius 2 is 2.25 bits per heavy atom. The van der Waals surface area contributed by atoms with Gasteiger partial charge in [0.05, 0.1) is 0 Å². The Labute approximate surface area is 96.9 Å². The van der Waals surface area contributed by atoms with E-state index in [1.54, 1.807) is 0 Å². The minimum absolute atomic E-state index is 0.119. The van der Waals surface area contributed by atoms with E-state index in [9.17, 15) is 4.79 Å². The summed E-state index contributed by atoms with van der Waals surface area (Å²) in [5.41, 5.74) is -0.362. The molecule has 2 atom stereocenters. The van der Waals surface area contributed by atoms with Crippen molar-refractivity contribution >= 4 is 11.9 Å². The van der Waals surface area contributed by atoms with E-state index < -0.39 is 0 Å². The first kappa shape index (κ1) is 11.4. The Morgan fingerprint density at radius 1 is 1.44 bits per heavy atom. The lowest BCUT2D eigenvalue weighted by atomic mass is 9.90. The first-order chi connectivity index (χ1) is 7.66. The summed E-state index contributed by atoms with van der Waals surface area (Å²) in [6, 6.07) is 0. The van der Waals surface area contributed by atoms with Crippen LogP contribution in [0, 0.1) is 5.92 Å². The SMILES string of the molecule is CCN=C1NC(=O)C2(CCCC(C)CC2)N1. The molecule has 0 bridgehead atoms. The molecule has 16 heavy (non-hydrogen) atoms. The number of nitrogens with one attached hydrogen (secondary N) is 2. The molecule has 0 aromatic heterocycles. The van der Waals surface area contributed by atoms with E-state index in [0.717, 1.165) is 31.6 Å². The summed E-state index contributed by atoms with van der Waals surface area (Å²) < 4.78 is 0. The second-order valence-electron chi connectivity index (χ2n) is 5.02. The predicted molar refractivity (Wildman–Crippen MR) is 64.2 cm³/mol. The van der Waals surface area contributed by atoms with E-state index in [1.807, 2.05) is 6.92 Å². The van der Waals surface area contributed by atoms with Crippen LogP contribution in [0.15, 0.2) is 4.99 Å². The predicted octanol–water partition coefficient (Wildman–Crippen LogP) is 1.42. The molecule has 1 aliphatic heterocycles. The zero-order chi connectivity index (χ0) is 11.6. The molecular weight excluding hydrogens is 202 g/mol. The summed E-state index contributed by atoms with van der Waals surface area (Å²) in [4.78, 5) is 16.3. The van der Waals surface area contributed by atoms with E-state index >= 15 is 0 Å². The van der Waals surface area contributed by atoms with Crippen molar-refractivity contribution in [2.75, 3.05) is 6.54 Å². The summed E-state index contributed by atoms with van der Waals surface area (Å²) in [6.45, 7) is 4.95. The van der Waals surface area contributed by atoms with Gasteiger partial charge in [-0.25, -0.2) is 0 Å². The lowest BCUT2D eigenvalue weighted by Gasteiger charge is -2.24. The van der Waals surface area contributed by atoms with Gasteiger partial charge >= 0.3 is 0 Å². The first-order valence-electron chi connectivity index (χ1n) is 6.30. The van der Waals surface area contributed by atoms with Crippen LogP contribution in [-0.4, -0.2) is 24.0 Å². The molecular formula is C12H21N3O. The maximum Gasteiger partial charge on any atom is 0.252 e. The highest BCUT2D eigenvalue weighted by Crippen LogP contribution is 2.32. The molecule has 2 rings (SSSR count). The summed E-state index contributed by atoms with van der Waals surface area (Å²) in [6.07, 6.45) is 5.35. The fourth-order valence-electron chi connectivity index (χ4n) is 2.65. The van der Waals surface area contributed by atoms with Crippen LogP contribution in [-0.2, 0) is 4.79 Å². The van der Waals surface area contributed by atoms with Crippen molar-refractivity contribution in [3.8, 4) is 0 Å². The van der Waals surface area contributed by atoms with Gasteiger partial charge in [0.25, 0.3) is 5.91 Å². The average Bonchev–Trinajstić information content (AvgIpc) is 2.42. The van der Waals surface area contributed by atoms with E-state index in [2.05, 4.69) is 22.5 Å². The average molecular weight is 223 g/mol. The normalized spacial score (nSPS) is 37.2. The lowest BCUT2D eigenvalue weighted by Crippen LogP contribution is -2.46. The van der Waals surface area contributed by atoms with Gasteiger partial charge in [-0.1, -0.05) is 19.8 Å². The molecule has 2 unspecified atom stereocenters. The van der Waals surface area contributed by atoms with E-state index in [1.165, 1.54) is 6.42 Å². The van der Waals surface area contributed by atoms with Crippen LogP contribution < -0.4 is 10.6 Å². The van der Waals surface area contributed by atoms with Gasteiger partial charge in [0, 0.05) is 6.54 Å². The Hall–Kier alpha value is -1.06. The molecule has 0 radical (unpaired) electrons. The third-order valence-corrected chi connectivity index (χ3v) is 3.70. The van der Waals surface area contributed by atoms with Gasteiger partial charge in [-0.05, 0) is 32.1 Å². The minimum Gasteiger partial charge on any atom is -0.342 e. The van der Waals surface area contributed by atoms with Gasteiger partial charge in [0.1, 0.15) is 5.54 Å². The molecule has 0 aromatic rings. The topological polar surface area (TPSA) is 53.5 Å². The van der Waals surface area contributed by atoms with Gasteiger partial charge in [-0.2, -0.15) is 0 Å². The van der Waals surface area contributed by atoms with Crippen molar-refractivity contribution in [2.45, 2.75) is 51.5 Å². The molecule has 1 heterocycles. The molecule has 1 spiro atoms. The van der Waals surface area contributed by atoms with Crippen LogP contribution in [0.3, 0.4) is 0 Å². The summed E-state index contributed by atoms with van der Waals surface area (Å²) >= 11 is 0. The quantitative estimate of drug-likeness (QED) is 0.706. The monoisotopic (exact) mass is 223 g/mol. The Kier molecular flexibility index (Phi) is 3.17. The zero-order valence-corrected chi connectivity index (χ0v) is 10.2. The number of amides is 1. The number of hydrogen-bond donors (Lipinski definition) is 2. The number of carbonyl (C=O) groups is 1. The molecule has 2 aliphatic rings. The van der Waals surface area contributed by atoms with E-state index in [4.69, 9.17) is 0 Å². The van der Waals surface area contributed by atoms with Crippen LogP contribution >= 0.6 is 0 Å². The van der Waals surface area contributed by atoms with Crippen molar-refractivity contribution < 1.29 is 4.79 Å². The van der Waals surface area contributed by atoms with Gasteiger partial charge in [-0.3, -0.25) is 15.1 Å². The number of rotatable bonds is 1. The smallest absolute Gasteiger partial charge is 0.252 e. The van der Waals surface area contributed by atoms with Crippen LogP contribution in [0.4, 0.5) is 0 Å². The molecule has 90 valence electrons. The molecule has 0 aromatic carbocycles. The molecule has 4 nitrogen and oxygen atoms in total. The molecule has 2 fully saturated rings. The Morgan fingerprint density at radius 3 is 3.00 bits per heavy atom. The maximum atomic E-state index is 12.0. The van der Waals surface area contributed by atoms with Crippen LogP contribution in [0.1, 0.15) is 46.0 Å². The van der Waals surface area contributed by atoms with Gasteiger partial charge in [0.2, 0.25) is 0 Å². The molecule has 1 saturated heterocycles. The van der Waals surface area contributed by atoms with Crippen LogP contribution in [0.2, 0.25) is 0 Å². The number of hydrogen-bond acceptors (Lipinski definition) is 2. The summed E-state index contributed by atoms with van der Waals surface area (Å²) in [7, 11) is 0.